The van der Waals surface area contributed by atoms with Crippen LogP contribution in [0.1, 0.15) is 0 Å². The van der Waals surface area contributed by atoms with Crippen molar-refractivity contribution in [3.8, 4) is 0 Å². The van der Waals surface area contributed by atoms with Crippen LogP contribution in [0.4, 0.5) is 0 Å². The summed E-state index contributed by atoms with van der Waals surface area (Å²) >= 11 is 10.2. The molecule has 0 amide bonds. The first-order valence-electron chi connectivity index (χ1n) is 2.31. The molecule has 0 spiro atoms. The minimum absolute atomic E-state index is 0.417. The Labute approximate surface area is 72.0 Å². The van der Waals surface area contributed by atoms with E-state index in [9.17, 15) is 10.1 Å². The van der Waals surface area contributed by atoms with Crippen LogP contribution in [0.25, 0.3) is 0 Å². The van der Waals surface area contributed by atoms with Crippen molar-refractivity contribution in [3.63, 3.8) is 0 Å². The van der Waals surface area contributed by atoms with Crippen LogP contribution < -0.4 is 0 Å². The Hall–Kier alpha value is -0.940. The van der Waals surface area contributed by atoms with E-state index in [1.165, 1.54) is 0 Å². The number of nitrogens with one attached hydrogen (secondary N) is 1. The van der Waals surface area contributed by atoms with Gasteiger partial charge in [-0.3, -0.25) is 10.1 Å². The molecule has 0 aromatic carbocycles. The fourth-order valence-corrected chi connectivity index (χ4v) is 0.616. The van der Waals surface area contributed by atoms with E-state index in [1.54, 1.807) is 0 Å². The van der Waals surface area contributed by atoms with Gasteiger partial charge in [0.05, 0.1) is 16.8 Å². The molecule has 0 aromatic rings. The summed E-state index contributed by atoms with van der Waals surface area (Å²) in [5.41, 5.74) is 0.193. The zero-order valence-electron chi connectivity index (χ0n) is 5.12. The predicted octanol–water partition coefficient (Wildman–Crippen LogP) is 1.59. The molecule has 11 heavy (non-hydrogen) atoms. The van der Waals surface area contributed by atoms with Crippen molar-refractivity contribution in [3.05, 3.63) is 21.0 Å². The molecule has 0 bridgehead atoms. The molecule has 0 radical (unpaired) electrons. The van der Waals surface area contributed by atoms with Gasteiger partial charge in [-0.2, -0.15) is 0 Å². The molecule has 0 aromatic heterocycles. The molecule has 0 aliphatic rings. The van der Waals surface area contributed by atoms with Gasteiger partial charge in [0.1, 0.15) is 0 Å². The highest BCUT2D eigenvalue weighted by molar-refractivity contribution is 6.56. The minimum atomic E-state index is -0.820. The van der Waals surface area contributed by atoms with Gasteiger partial charge < -0.3 is 5.41 Å². The molecule has 0 atom stereocenters. The smallest absolute Gasteiger partial charge is 0.302 e. The van der Waals surface area contributed by atoms with Crippen molar-refractivity contribution >= 4 is 35.1 Å². The van der Waals surface area contributed by atoms with Crippen LogP contribution in [0.3, 0.4) is 0 Å². The van der Waals surface area contributed by atoms with Gasteiger partial charge >= 0.3 is 5.70 Å². The second-order valence-electron chi connectivity index (χ2n) is 1.30. The maximum atomic E-state index is 10.0. The van der Waals surface area contributed by atoms with Crippen molar-refractivity contribution in [1.82, 2.24) is 0 Å². The summed E-state index contributed by atoms with van der Waals surface area (Å²) in [7, 11) is 0. The summed E-state index contributed by atoms with van der Waals surface area (Å²) in [6, 6.07) is 0. The van der Waals surface area contributed by atoms with Gasteiger partial charge in [-0.1, -0.05) is 23.2 Å². The minimum Gasteiger partial charge on any atom is -0.302 e. The number of allylic oxidation sites excluding steroid dienone is 1. The molecule has 0 fully saturated rings. The second kappa shape index (κ2) is 4.81. The van der Waals surface area contributed by atoms with E-state index in [0.717, 1.165) is 5.67 Å². The van der Waals surface area contributed by atoms with Crippen LogP contribution in [-0.4, -0.2) is 16.8 Å². The van der Waals surface area contributed by atoms with Gasteiger partial charge in [0.15, 0.2) is 0 Å². The van der Waals surface area contributed by atoms with Gasteiger partial charge in [0, 0.05) is 0 Å². The number of hydrogen-bond acceptors (Lipinski definition) is 4. The molecule has 7 heteroatoms. The summed E-state index contributed by atoms with van der Waals surface area (Å²) in [5.74, 6) is 0. The fourth-order valence-electron chi connectivity index (χ4n) is 0.297. The number of aliphatic imine (C=N–C) groups is 1. The summed E-state index contributed by atoms with van der Waals surface area (Å²) in [4.78, 5) is 12.4. The number of nitrogens with zero attached hydrogens (tertiary/aromatic N) is 2. The Balaban J connectivity index is 4.82. The van der Waals surface area contributed by atoms with Gasteiger partial charge in [-0.25, -0.2) is 4.99 Å². The fraction of sp³-hybridized carbons (Fsp3) is 0. The van der Waals surface area contributed by atoms with E-state index >= 15 is 0 Å². The van der Waals surface area contributed by atoms with Gasteiger partial charge in [-0.05, 0) is 0 Å². The summed E-state index contributed by atoms with van der Waals surface area (Å²) in [6.45, 7) is 0. The second-order valence-corrected chi connectivity index (χ2v) is 1.86. The molecular weight excluding hydrogens is 193 g/mol. The lowest BCUT2D eigenvalue weighted by molar-refractivity contribution is -0.415. The van der Waals surface area contributed by atoms with E-state index in [0.29, 0.717) is 6.21 Å². The predicted molar refractivity (Wildman–Crippen MR) is 43.0 cm³/mol. The third-order valence-electron chi connectivity index (χ3n) is 0.707. The lowest BCUT2D eigenvalue weighted by atomic mass is 10.5. The quantitative estimate of drug-likeness (QED) is 0.322. The number of rotatable bonds is 3. The molecular formula is C4H3Cl2N3O2. The first-order chi connectivity index (χ1) is 5.13. The third kappa shape index (κ3) is 3.10. The molecule has 60 valence electrons. The van der Waals surface area contributed by atoms with E-state index in [-0.39, 0.29) is 0 Å². The van der Waals surface area contributed by atoms with Crippen LogP contribution in [0.15, 0.2) is 15.8 Å². The van der Waals surface area contributed by atoms with Crippen molar-refractivity contribution < 1.29 is 4.92 Å². The first kappa shape index (κ1) is 10.1. The van der Waals surface area contributed by atoms with Crippen molar-refractivity contribution in [2.75, 3.05) is 0 Å². The van der Waals surface area contributed by atoms with Crippen LogP contribution in [0.5, 0.6) is 0 Å². The Morgan fingerprint density at radius 1 is 1.73 bits per heavy atom. The first-order valence-corrected chi connectivity index (χ1v) is 3.12. The molecule has 0 saturated heterocycles. The van der Waals surface area contributed by atoms with Crippen LogP contribution in [0.2, 0.25) is 0 Å². The van der Waals surface area contributed by atoms with E-state index in [1.807, 2.05) is 0 Å². The van der Waals surface area contributed by atoms with E-state index in [4.69, 9.17) is 28.6 Å². The van der Waals surface area contributed by atoms with Crippen molar-refractivity contribution in [2.45, 2.75) is 0 Å². The SMILES string of the molecule is N=C/C(=C(Cl)\N=C\Cl)[N+](=O)[O-]. The van der Waals surface area contributed by atoms with Crippen LogP contribution in [0, 0.1) is 15.5 Å². The normalized spacial score (nSPS) is 12.9. The van der Waals surface area contributed by atoms with E-state index < -0.39 is 15.8 Å². The maximum absolute atomic E-state index is 10.0. The average Bonchev–Trinajstić information content (AvgIpc) is 1.88. The zero-order chi connectivity index (χ0) is 8.85. The maximum Gasteiger partial charge on any atom is 0.323 e. The number of nitro groups is 1. The molecule has 0 rings (SSSR count). The molecule has 0 aliphatic heterocycles. The standard InChI is InChI=1S/C4H3Cl2N3O2/c5-2-8-4(6)3(1-7)9(10)11/h1-2,7H/b4-3+,7-1?,8-2+. The Kier molecular flexibility index (Phi) is 4.40. The Morgan fingerprint density at radius 3 is 2.55 bits per heavy atom. The molecule has 5 nitrogen and oxygen atoms in total. The van der Waals surface area contributed by atoms with Crippen LogP contribution in [-0.2, 0) is 0 Å². The summed E-state index contributed by atoms with van der Waals surface area (Å²) in [6.07, 6.45) is 0.492. The summed E-state index contributed by atoms with van der Waals surface area (Å²) < 4.78 is 0. The van der Waals surface area contributed by atoms with Crippen molar-refractivity contribution in [1.29, 1.82) is 5.41 Å². The largest absolute Gasteiger partial charge is 0.323 e. The Bertz CT molecular complexity index is 235. The highest BCUT2D eigenvalue weighted by Gasteiger charge is 2.12. The lowest BCUT2D eigenvalue weighted by Gasteiger charge is -1.88. The molecule has 0 aliphatic carbocycles. The van der Waals surface area contributed by atoms with Crippen LogP contribution >= 0.6 is 23.2 Å². The Morgan fingerprint density at radius 2 is 2.27 bits per heavy atom. The third-order valence-corrected chi connectivity index (χ3v) is 1.10. The summed E-state index contributed by atoms with van der Waals surface area (Å²) in [5, 5.41) is 16.2. The molecule has 0 unspecified atom stereocenters. The lowest BCUT2D eigenvalue weighted by Crippen LogP contribution is -2.00. The molecule has 0 saturated carbocycles. The average molecular weight is 196 g/mol. The van der Waals surface area contributed by atoms with E-state index in [2.05, 4.69) is 4.99 Å². The monoisotopic (exact) mass is 195 g/mol. The van der Waals surface area contributed by atoms with Gasteiger partial charge in [-0.15, -0.1) is 0 Å². The topological polar surface area (TPSA) is 79.3 Å². The van der Waals surface area contributed by atoms with Gasteiger partial charge in [0.25, 0.3) is 0 Å². The molecule has 1 N–H and O–H groups in total. The zero-order valence-corrected chi connectivity index (χ0v) is 6.63. The molecule has 0 heterocycles. The van der Waals surface area contributed by atoms with Gasteiger partial charge in [0.2, 0.25) is 5.16 Å². The highest BCUT2D eigenvalue weighted by atomic mass is 35.5. The van der Waals surface area contributed by atoms with Crippen molar-refractivity contribution in [2.24, 2.45) is 4.99 Å². The number of hydrogen-bond donors (Lipinski definition) is 1. The highest BCUT2D eigenvalue weighted by Crippen LogP contribution is 2.09. The number of halogens is 2.